The maximum atomic E-state index is 13.3. The number of nitrogens with one attached hydrogen (secondary N) is 1. The van der Waals surface area contributed by atoms with E-state index in [1.165, 1.54) is 0 Å². The van der Waals surface area contributed by atoms with Crippen LogP contribution in [0.4, 0.5) is 31.1 Å². The maximum Gasteiger partial charge on any atom is 0.416 e. The quantitative estimate of drug-likeness (QED) is 0.288. The van der Waals surface area contributed by atoms with E-state index in [0.29, 0.717) is 12.1 Å². The van der Waals surface area contributed by atoms with Crippen LogP contribution in [0.5, 0.6) is 0 Å². The summed E-state index contributed by atoms with van der Waals surface area (Å²) in [5, 5.41) is 2.78. The maximum absolute atomic E-state index is 13.3. The van der Waals surface area contributed by atoms with E-state index in [0.717, 1.165) is 11.1 Å². The van der Waals surface area contributed by atoms with Crippen LogP contribution >= 0.6 is 0 Å². The van der Waals surface area contributed by atoms with Gasteiger partial charge in [-0.05, 0) is 55.7 Å². The van der Waals surface area contributed by atoms with Crippen molar-refractivity contribution in [3.63, 3.8) is 0 Å². The fourth-order valence-electron chi connectivity index (χ4n) is 4.06. The van der Waals surface area contributed by atoms with Gasteiger partial charge in [-0.2, -0.15) is 26.3 Å². The molecular weight excluding hydrogens is 524 g/mol. The summed E-state index contributed by atoms with van der Waals surface area (Å²) in [4.78, 5) is 12.7. The molecule has 0 saturated carbocycles. The minimum atomic E-state index is -4.97. The minimum absolute atomic E-state index is 0.0667. The van der Waals surface area contributed by atoms with Gasteiger partial charge in [-0.25, -0.2) is 4.79 Å². The van der Waals surface area contributed by atoms with Gasteiger partial charge in [-0.15, -0.1) is 0 Å². The van der Waals surface area contributed by atoms with Crippen molar-refractivity contribution in [2.24, 2.45) is 0 Å². The SMILES string of the molecule is CC(C)(C)OC(=O)N[C@H](COCc1cc(C(F)(F)F)cc(C(F)(F)F)c1)C(c1ccccc1)c1ccccc1. The number of halogens is 6. The van der Waals surface area contributed by atoms with Crippen molar-refractivity contribution in [1.29, 1.82) is 0 Å². The first kappa shape index (κ1) is 30.0. The second kappa shape index (κ2) is 12.1. The smallest absolute Gasteiger partial charge is 0.416 e. The second-order valence-corrected chi connectivity index (χ2v) is 9.98. The Morgan fingerprint density at radius 1 is 0.769 bits per heavy atom. The summed E-state index contributed by atoms with van der Waals surface area (Å²) in [5.74, 6) is -0.466. The summed E-state index contributed by atoms with van der Waals surface area (Å²) >= 11 is 0. The third-order valence-electron chi connectivity index (χ3n) is 5.64. The van der Waals surface area contributed by atoms with Gasteiger partial charge in [-0.3, -0.25) is 0 Å². The lowest BCUT2D eigenvalue weighted by atomic mass is 9.85. The number of hydrogen-bond acceptors (Lipinski definition) is 3. The molecular formula is C29H29F6NO3. The number of ether oxygens (including phenoxy) is 2. The zero-order chi connectivity index (χ0) is 28.8. The van der Waals surface area contributed by atoms with Crippen molar-refractivity contribution in [2.45, 2.75) is 57.3 Å². The molecule has 39 heavy (non-hydrogen) atoms. The summed E-state index contributed by atoms with van der Waals surface area (Å²) < 4.78 is 90.7. The van der Waals surface area contributed by atoms with Crippen molar-refractivity contribution in [2.75, 3.05) is 6.61 Å². The number of alkyl carbamates (subject to hydrolysis) is 1. The van der Waals surface area contributed by atoms with Crippen LogP contribution in [0.1, 0.15) is 54.5 Å². The lowest BCUT2D eigenvalue weighted by Gasteiger charge is -2.30. The first-order valence-corrected chi connectivity index (χ1v) is 12.1. The Hall–Kier alpha value is -3.53. The molecule has 0 fully saturated rings. The van der Waals surface area contributed by atoms with Gasteiger partial charge < -0.3 is 14.8 Å². The Balaban J connectivity index is 1.92. The Kier molecular flexibility index (Phi) is 9.32. The summed E-state index contributed by atoms with van der Waals surface area (Å²) in [6.07, 6.45) is -10.7. The van der Waals surface area contributed by atoms with E-state index >= 15 is 0 Å². The van der Waals surface area contributed by atoms with Crippen LogP contribution < -0.4 is 5.32 Å². The van der Waals surface area contributed by atoms with Crippen molar-refractivity contribution < 1.29 is 40.6 Å². The van der Waals surface area contributed by atoms with E-state index < -0.39 is 53.7 Å². The van der Waals surface area contributed by atoms with Crippen LogP contribution in [0.2, 0.25) is 0 Å². The summed E-state index contributed by atoms with van der Waals surface area (Å²) in [7, 11) is 0. The predicted molar refractivity (Wildman–Crippen MR) is 134 cm³/mol. The average Bonchev–Trinajstić information content (AvgIpc) is 2.83. The van der Waals surface area contributed by atoms with Gasteiger partial charge >= 0.3 is 18.4 Å². The highest BCUT2D eigenvalue weighted by atomic mass is 19.4. The molecule has 1 amide bonds. The van der Waals surface area contributed by atoms with E-state index in [2.05, 4.69) is 5.32 Å². The van der Waals surface area contributed by atoms with Crippen molar-refractivity contribution in [1.82, 2.24) is 5.32 Å². The fourth-order valence-corrected chi connectivity index (χ4v) is 4.06. The van der Waals surface area contributed by atoms with Crippen LogP contribution in [-0.2, 0) is 28.4 Å². The van der Waals surface area contributed by atoms with Gasteiger partial charge in [0.2, 0.25) is 0 Å². The molecule has 0 heterocycles. The van der Waals surface area contributed by atoms with Crippen LogP contribution in [-0.4, -0.2) is 24.3 Å². The van der Waals surface area contributed by atoms with E-state index in [1.807, 2.05) is 60.7 Å². The molecule has 10 heteroatoms. The Labute approximate surface area is 222 Å². The van der Waals surface area contributed by atoms with Crippen LogP contribution in [0, 0.1) is 0 Å². The standard InChI is InChI=1S/C29H29F6NO3/c1-27(2,3)39-26(37)36-24(25(20-10-6-4-7-11-20)21-12-8-5-9-13-21)18-38-17-19-14-22(28(30,31)32)16-23(15-19)29(33,34)35/h4-16,24-25H,17-18H2,1-3H3,(H,36,37)/t24-/m1/s1. The first-order valence-electron chi connectivity index (χ1n) is 12.1. The molecule has 0 bridgehead atoms. The van der Waals surface area contributed by atoms with Crippen molar-refractivity contribution in [3.05, 3.63) is 107 Å². The molecule has 0 aromatic heterocycles. The van der Waals surface area contributed by atoms with E-state index in [1.54, 1.807) is 20.8 Å². The van der Waals surface area contributed by atoms with Gasteiger partial charge in [0.1, 0.15) is 5.60 Å². The van der Waals surface area contributed by atoms with Gasteiger partial charge in [-0.1, -0.05) is 60.7 Å². The molecule has 0 aliphatic carbocycles. The van der Waals surface area contributed by atoms with E-state index in [-0.39, 0.29) is 18.2 Å². The zero-order valence-electron chi connectivity index (χ0n) is 21.6. The van der Waals surface area contributed by atoms with Crippen molar-refractivity contribution >= 4 is 6.09 Å². The first-order chi connectivity index (χ1) is 18.1. The minimum Gasteiger partial charge on any atom is -0.444 e. The highest BCUT2D eigenvalue weighted by molar-refractivity contribution is 5.68. The Bertz CT molecular complexity index is 1150. The highest BCUT2D eigenvalue weighted by Crippen LogP contribution is 2.36. The number of rotatable bonds is 8. The number of carbonyl (C=O) groups is 1. The summed E-state index contributed by atoms with van der Waals surface area (Å²) in [5.41, 5.74) is -2.34. The molecule has 0 unspecified atom stereocenters. The van der Waals surface area contributed by atoms with Gasteiger partial charge in [0, 0.05) is 5.92 Å². The summed E-state index contributed by atoms with van der Waals surface area (Å²) in [6, 6.07) is 18.9. The zero-order valence-corrected chi connectivity index (χ0v) is 21.6. The number of hydrogen-bond donors (Lipinski definition) is 1. The predicted octanol–water partition coefficient (Wildman–Crippen LogP) is 7.97. The lowest BCUT2D eigenvalue weighted by molar-refractivity contribution is -0.143. The third-order valence-corrected chi connectivity index (χ3v) is 5.64. The Morgan fingerprint density at radius 3 is 1.64 bits per heavy atom. The monoisotopic (exact) mass is 553 g/mol. The molecule has 4 nitrogen and oxygen atoms in total. The van der Waals surface area contributed by atoms with E-state index in [9.17, 15) is 31.1 Å². The lowest BCUT2D eigenvalue weighted by Crippen LogP contribution is -2.45. The number of amides is 1. The third kappa shape index (κ3) is 9.02. The largest absolute Gasteiger partial charge is 0.444 e. The molecule has 0 aliphatic rings. The second-order valence-electron chi connectivity index (χ2n) is 9.98. The highest BCUT2D eigenvalue weighted by Gasteiger charge is 2.37. The molecule has 210 valence electrons. The average molecular weight is 554 g/mol. The fraction of sp³-hybridized carbons (Fsp3) is 0.345. The normalized spacial score (nSPS) is 13.3. The molecule has 3 aromatic carbocycles. The van der Waals surface area contributed by atoms with Gasteiger partial charge in [0.15, 0.2) is 0 Å². The van der Waals surface area contributed by atoms with Crippen molar-refractivity contribution in [3.8, 4) is 0 Å². The topological polar surface area (TPSA) is 47.6 Å². The molecule has 3 aromatic rings. The molecule has 0 spiro atoms. The molecule has 1 N–H and O–H groups in total. The van der Waals surface area contributed by atoms with Crippen LogP contribution in [0.3, 0.4) is 0 Å². The molecule has 0 saturated heterocycles. The molecule has 1 atom stereocenters. The van der Waals surface area contributed by atoms with Gasteiger partial charge in [0.25, 0.3) is 0 Å². The summed E-state index contributed by atoms with van der Waals surface area (Å²) in [6.45, 7) is 4.29. The van der Waals surface area contributed by atoms with Crippen LogP contribution in [0.15, 0.2) is 78.9 Å². The molecule has 3 rings (SSSR count). The Morgan fingerprint density at radius 2 is 1.23 bits per heavy atom. The van der Waals surface area contributed by atoms with Gasteiger partial charge in [0.05, 0.1) is 30.4 Å². The van der Waals surface area contributed by atoms with E-state index in [4.69, 9.17) is 9.47 Å². The number of alkyl halides is 6. The van der Waals surface area contributed by atoms with Crippen LogP contribution in [0.25, 0.3) is 0 Å². The number of carbonyl (C=O) groups excluding carboxylic acids is 1. The number of benzene rings is 3. The molecule has 0 aliphatic heterocycles. The molecule has 0 radical (unpaired) electrons.